The second-order valence-electron chi connectivity index (χ2n) is 6.38. The third-order valence-electron chi connectivity index (χ3n) is 4.59. The lowest BCUT2D eigenvalue weighted by atomic mass is 10.1. The van der Waals surface area contributed by atoms with Crippen LogP contribution >= 0.6 is 12.2 Å². The Bertz CT molecular complexity index is 884. The highest BCUT2D eigenvalue weighted by atomic mass is 32.1. The second kappa shape index (κ2) is 6.40. The molecule has 2 N–H and O–H groups in total. The molecule has 1 aliphatic heterocycles. The molecule has 2 amide bonds. The van der Waals surface area contributed by atoms with Crippen LogP contribution in [-0.4, -0.2) is 45.6 Å². The van der Waals surface area contributed by atoms with E-state index in [4.69, 9.17) is 12.2 Å². The summed E-state index contributed by atoms with van der Waals surface area (Å²) in [4.78, 5) is 33.7. The molecule has 1 saturated heterocycles. The van der Waals surface area contributed by atoms with Crippen molar-refractivity contribution in [3.05, 3.63) is 36.0 Å². The lowest BCUT2D eigenvalue weighted by Crippen LogP contribution is -2.58. The van der Waals surface area contributed by atoms with E-state index in [1.54, 1.807) is 0 Å². The van der Waals surface area contributed by atoms with Gasteiger partial charge in [0.25, 0.3) is 0 Å². The maximum Gasteiger partial charge on any atom is 0.247 e. The largest absolute Gasteiger partial charge is 0.361 e. The molecular formula is C18H18N4O2S. The Hall–Kier alpha value is -2.54. The first kappa shape index (κ1) is 16.0. The molecule has 0 spiro atoms. The number of nitrogens with zero attached hydrogens (tertiary/aromatic N) is 2. The number of aliphatic imine (C=N–C) groups is 1. The fourth-order valence-corrected chi connectivity index (χ4v) is 3.46. The maximum absolute atomic E-state index is 12.5. The zero-order valence-corrected chi connectivity index (χ0v) is 14.4. The van der Waals surface area contributed by atoms with Crippen molar-refractivity contribution in [1.82, 2.24) is 15.2 Å². The standard InChI is InChI=1S/C18H18N4O2S/c23-16-14(17(24)22(12-5-6-12)18(25)21-16)10-19-8-7-11-9-20-15-4-2-1-3-13(11)15/h1-4,9-10,12,14,20H,5-8H2,(H,21,23,25). The summed E-state index contributed by atoms with van der Waals surface area (Å²) < 4.78 is 0. The normalized spacial score (nSPS) is 21.4. The van der Waals surface area contributed by atoms with Crippen LogP contribution < -0.4 is 5.32 Å². The number of thiocarbonyl (C=S) groups is 1. The van der Waals surface area contributed by atoms with E-state index in [1.165, 1.54) is 22.1 Å². The summed E-state index contributed by atoms with van der Waals surface area (Å²) in [5.41, 5.74) is 2.27. The topological polar surface area (TPSA) is 77.6 Å². The smallest absolute Gasteiger partial charge is 0.247 e. The van der Waals surface area contributed by atoms with Crippen molar-refractivity contribution in [3.63, 3.8) is 0 Å². The molecule has 2 heterocycles. The number of aromatic amines is 1. The van der Waals surface area contributed by atoms with E-state index in [2.05, 4.69) is 21.4 Å². The molecule has 25 heavy (non-hydrogen) atoms. The van der Waals surface area contributed by atoms with Gasteiger partial charge in [0.1, 0.15) is 0 Å². The SMILES string of the molecule is O=C1NC(=S)N(C2CC2)C(=O)C1C=NCCc1c[nH]c2ccccc12. The predicted molar refractivity (Wildman–Crippen MR) is 99.5 cm³/mol. The van der Waals surface area contributed by atoms with E-state index >= 15 is 0 Å². The van der Waals surface area contributed by atoms with Crippen molar-refractivity contribution < 1.29 is 9.59 Å². The van der Waals surface area contributed by atoms with Gasteiger partial charge in [0.05, 0.1) is 0 Å². The van der Waals surface area contributed by atoms with Crippen LogP contribution in [0.2, 0.25) is 0 Å². The van der Waals surface area contributed by atoms with Gasteiger partial charge in [-0.2, -0.15) is 0 Å². The minimum Gasteiger partial charge on any atom is -0.361 e. The van der Waals surface area contributed by atoms with Crippen molar-refractivity contribution in [3.8, 4) is 0 Å². The lowest BCUT2D eigenvalue weighted by molar-refractivity contribution is -0.138. The van der Waals surface area contributed by atoms with E-state index in [1.807, 2.05) is 24.4 Å². The number of para-hydroxylation sites is 1. The predicted octanol–water partition coefficient (Wildman–Crippen LogP) is 1.80. The van der Waals surface area contributed by atoms with Gasteiger partial charge in [-0.15, -0.1) is 0 Å². The van der Waals surface area contributed by atoms with E-state index in [-0.39, 0.29) is 23.0 Å². The Labute approximate surface area is 150 Å². The fourth-order valence-electron chi connectivity index (χ4n) is 3.12. The average Bonchev–Trinajstić information content (AvgIpc) is 3.33. The van der Waals surface area contributed by atoms with Gasteiger partial charge in [0.2, 0.25) is 11.8 Å². The van der Waals surface area contributed by atoms with Crippen molar-refractivity contribution in [2.75, 3.05) is 6.54 Å². The summed E-state index contributed by atoms with van der Waals surface area (Å²) in [5.74, 6) is -1.52. The summed E-state index contributed by atoms with van der Waals surface area (Å²) in [7, 11) is 0. The van der Waals surface area contributed by atoms with Crippen LogP contribution in [0.5, 0.6) is 0 Å². The number of carbonyl (C=O) groups is 2. The van der Waals surface area contributed by atoms with Crippen molar-refractivity contribution >= 4 is 46.3 Å². The van der Waals surface area contributed by atoms with Crippen molar-refractivity contribution in [1.29, 1.82) is 0 Å². The Morgan fingerprint density at radius 1 is 1.28 bits per heavy atom. The molecule has 1 aromatic carbocycles. The number of fused-ring (bicyclic) bond motifs is 1. The molecule has 1 aliphatic carbocycles. The molecule has 2 aromatic rings. The first-order valence-corrected chi connectivity index (χ1v) is 8.79. The number of nitrogens with one attached hydrogen (secondary N) is 2. The monoisotopic (exact) mass is 354 g/mol. The minimum absolute atomic E-state index is 0.141. The summed E-state index contributed by atoms with van der Waals surface area (Å²) in [6.45, 7) is 0.521. The van der Waals surface area contributed by atoms with Gasteiger partial charge in [-0.1, -0.05) is 18.2 Å². The van der Waals surface area contributed by atoms with Crippen LogP contribution in [0.1, 0.15) is 18.4 Å². The molecule has 2 fully saturated rings. The zero-order chi connectivity index (χ0) is 17.4. The minimum atomic E-state index is -0.879. The van der Waals surface area contributed by atoms with E-state index in [0.717, 1.165) is 24.8 Å². The van der Waals surface area contributed by atoms with E-state index < -0.39 is 5.92 Å². The first-order chi connectivity index (χ1) is 12.1. The van der Waals surface area contributed by atoms with Gasteiger partial charge in [-0.05, 0) is 43.1 Å². The van der Waals surface area contributed by atoms with Crippen LogP contribution in [0.15, 0.2) is 35.5 Å². The van der Waals surface area contributed by atoms with Crippen LogP contribution in [-0.2, 0) is 16.0 Å². The van der Waals surface area contributed by atoms with Gasteiger partial charge in [0.15, 0.2) is 11.0 Å². The van der Waals surface area contributed by atoms with Crippen LogP contribution in [0, 0.1) is 5.92 Å². The lowest BCUT2D eigenvalue weighted by Gasteiger charge is -2.30. The summed E-state index contributed by atoms with van der Waals surface area (Å²) in [5, 5.41) is 4.01. The van der Waals surface area contributed by atoms with Crippen molar-refractivity contribution in [2.24, 2.45) is 10.9 Å². The Kier molecular flexibility index (Phi) is 4.09. The number of rotatable bonds is 5. The maximum atomic E-state index is 12.5. The first-order valence-electron chi connectivity index (χ1n) is 8.38. The number of benzene rings is 1. The molecule has 2 aliphatic rings. The number of amides is 2. The molecule has 128 valence electrons. The van der Waals surface area contributed by atoms with Gasteiger partial charge >= 0.3 is 0 Å². The highest BCUT2D eigenvalue weighted by Crippen LogP contribution is 2.29. The third-order valence-corrected chi connectivity index (χ3v) is 4.89. The van der Waals surface area contributed by atoms with Gasteiger partial charge in [-0.3, -0.25) is 19.5 Å². The highest BCUT2D eigenvalue weighted by Gasteiger charge is 2.44. The Balaban J connectivity index is 1.41. The van der Waals surface area contributed by atoms with Crippen LogP contribution in [0.4, 0.5) is 0 Å². The molecule has 0 bridgehead atoms. The van der Waals surface area contributed by atoms with E-state index in [0.29, 0.717) is 6.54 Å². The summed E-state index contributed by atoms with van der Waals surface area (Å²) >= 11 is 5.11. The quantitative estimate of drug-likeness (QED) is 0.488. The molecule has 7 heteroatoms. The molecule has 1 atom stereocenters. The van der Waals surface area contributed by atoms with Gasteiger partial charge < -0.3 is 10.3 Å². The van der Waals surface area contributed by atoms with Crippen LogP contribution in [0.3, 0.4) is 0 Å². The average molecular weight is 354 g/mol. The highest BCUT2D eigenvalue weighted by molar-refractivity contribution is 7.80. The van der Waals surface area contributed by atoms with Crippen molar-refractivity contribution in [2.45, 2.75) is 25.3 Å². The molecule has 4 rings (SSSR count). The van der Waals surface area contributed by atoms with Gasteiger partial charge in [0, 0.05) is 35.9 Å². The second-order valence-corrected chi connectivity index (χ2v) is 6.76. The molecule has 6 nitrogen and oxygen atoms in total. The Morgan fingerprint density at radius 3 is 2.88 bits per heavy atom. The molecule has 0 radical (unpaired) electrons. The Morgan fingerprint density at radius 2 is 2.08 bits per heavy atom. The summed E-state index contributed by atoms with van der Waals surface area (Å²) in [6.07, 6.45) is 6.06. The number of hydrogen-bond acceptors (Lipinski definition) is 4. The number of hydrogen-bond donors (Lipinski definition) is 2. The molecular weight excluding hydrogens is 336 g/mol. The fraction of sp³-hybridized carbons (Fsp3) is 0.333. The molecule has 1 saturated carbocycles. The number of H-pyrrole nitrogens is 1. The summed E-state index contributed by atoms with van der Waals surface area (Å²) in [6, 6.07) is 8.23. The molecule has 1 aromatic heterocycles. The van der Waals surface area contributed by atoms with E-state index in [9.17, 15) is 9.59 Å². The zero-order valence-electron chi connectivity index (χ0n) is 13.6. The third kappa shape index (κ3) is 3.07. The number of carbonyl (C=O) groups excluding carboxylic acids is 2. The van der Waals surface area contributed by atoms with Gasteiger partial charge in [-0.25, -0.2) is 0 Å². The molecule has 1 unspecified atom stereocenters. The number of aromatic nitrogens is 1. The van der Waals surface area contributed by atoms with Crippen LogP contribution in [0.25, 0.3) is 10.9 Å².